The van der Waals surface area contributed by atoms with E-state index >= 15 is 0 Å². The Balaban J connectivity index is 1.61. The van der Waals surface area contributed by atoms with Crippen LogP contribution in [0.2, 0.25) is 43.3 Å². The van der Waals surface area contributed by atoms with Crippen molar-refractivity contribution in [3.63, 3.8) is 0 Å². The summed E-state index contributed by atoms with van der Waals surface area (Å²) in [5, 5.41) is 10.5. The standard InChI is InChI=1S/C11H9O.C5H5.Fe/c12-11-8-4-3-7-10(11)9-5-1-2-6-9;1-2-4-5-3-1;/h1-8,12H;1-5H;. The number of fused-ring (bicyclic) bond motifs is 10. The second-order valence-corrected chi connectivity index (χ2v) is 34.8. The van der Waals surface area contributed by atoms with E-state index in [0.717, 1.165) is 4.31 Å². The fraction of sp³-hybridized carbons (Fsp3) is 0.625. The third-order valence-corrected chi connectivity index (χ3v) is 58.3. The molecule has 1 N–H and O–H groups in total. The molecule has 0 radical (unpaired) electrons. The quantitative estimate of drug-likeness (QED) is 0.764. The van der Waals surface area contributed by atoms with Crippen molar-refractivity contribution in [1.82, 2.24) is 0 Å². The van der Waals surface area contributed by atoms with E-state index in [1.807, 2.05) is 12.1 Å². The Kier molecular flexibility index (Phi) is 0.183. The summed E-state index contributed by atoms with van der Waals surface area (Å²) in [5.74, 6) is 0.672. The molecule has 0 saturated carbocycles. The van der Waals surface area contributed by atoms with Crippen molar-refractivity contribution >= 4 is 0 Å². The van der Waals surface area contributed by atoms with E-state index in [0.29, 0.717) is 5.75 Å². The van der Waals surface area contributed by atoms with Crippen LogP contribution in [0.1, 0.15) is 5.56 Å². The minimum atomic E-state index is -3.02. The number of aromatic hydroxyl groups is 1. The fourth-order valence-electron chi connectivity index (χ4n) is 17.7. The van der Waals surface area contributed by atoms with Gasteiger partial charge in [0.1, 0.15) is 0 Å². The van der Waals surface area contributed by atoms with Gasteiger partial charge < -0.3 is 0 Å². The van der Waals surface area contributed by atoms with Gasteiger partial charge in [-0.25, -0.2) is 0 Å². The Morgan fingerprint density at radius 1 is 0.833 bits per heavy atom. The van der Waals surface area contributed by atoms with E-state index in [1.54, 1.807) is 0 Å². The molecule has 1 aromatic rings. The van der Waals surface area contributed by atoms with Gasteiger partial charge in [0.05, 0.1) is 0 Å². The van der Waals surface area contributed by atoms with E-state index in [9.17, 15) is 5.11 Å². The van der Waals surface area contributed by atoms with Crippen molar-refractivity contribution in [3.05, 3.63) is 29.8 Å². The van der Waals surface area contributed by atoms with Gasteiger partial charge in [-0.15, -0.1) is 0 Å². The van der Waals surface area contributed by atoms with Gasteiger partial charge in [0.25, 0.3) is 0 Å². The maximum absolute atomic E-state index is 10.5. The van der Waals surface area contributed by atoms with Gasteiger partial charge in [-0.2, -0.15) is 0 Å². The molecule has 18 heavy (non-hydrogen) atoms. The normalized spacial score (nSPS) is 113. The number of rotatable bonds is 1. The summed E-state index contributed by atoms with van der Waals surface area (Å²) in [4.78, 5) is 12.0. The molecule has 10 aliphatic heterocycles. The topological polar surface area (TPSA) is 20.2 Å². The summed E-state index contributed by atoms with van der Waals surface area (Å²) in [6.07, 6.45) is 0. The zero-order valence-corrected chi connectivity index (χ0v) is 10.9. The third-order valence-electron chi connectivity index (χ3n) is 16.0. The van der Waals surface area contributed by atoms with Crippen LogP contribution in [0.4, 0.5) is 0 Å². The molecule has 0 aromatic heterocycles. The summed E-state index contributed by atoms with van der Waals surface area (Å²) in [6.45, 7) is -3.02. The fourth-order valence-corrected chi connectivity index (χ4v) is 91.9. The average molecular weight is 278 g/mol. The Labute approximate surface area is 94.9 Å². The Morgan fingerprint density at radius 3 is 1.78 bits per heavy atom. The molecule has 1 aromatic carbocycles. The van der Waals surface area contributed by atoms with Crippen molar-refractivity contribution < 1.29 is 11.6 Å². The molecular formula is C16H14FeO. The summed E-state index contributed by atoms with van der Waals surface area (Å²) in [7, 11) is 0. The van der Waals surface area contributed by atoms with E-state index in [1.165, 1.54) is 48.9 Å². The number of para-hydroxylation sites is 1. The van der Waals surface area contributed by atoms with Crippen molar-refractivity contribution in [2.75, 3.05) is 0 Å². The Morgan fingerprint density at radius 2 is 1.39 bits per heavy atom. The predicted molar refractivity (Wildman–Crippen MR) is 63.5 cm³/mol. The van der Waals surface area contributed by atoms with Gasteiger partial charge >= 0.3 is 94.9 Å². The van der Waals surface area contributed by atoms with Crippen LogP contribution in [0, 0.1) is 0 Å². The summed E-state index contributed by atoms with van der Waals surface area (Å²) < 4.78 is 0.727. The molecule has 0 aliphatic carbocycles. The minimum absolute atomic E-state index is 0.672. The molecule has 11 rings (SSSR count). The SMILES string of the molecule is Oc1ccccc1[C]12[CH]3[CH]4[CH]5[CH]1[Fe]45321678[CH]2[CH]1[CH]6[CH]7[CH]28. The molecule has 10 aliphatic rings. The summed E-state index contributed by atoms with van der Waals surface area (Å²) in [6, 6.07) is 8.52. The van der Waals surface area contributed by atoms with Crippen molar-refractivity contribution in [3.8, 4) is 5.75 Å². The van der Waals surface area contributed by atoms with Crippen LogP contribution in [-0.4, -0.2) is 5.11 Å². The Bertz CT molecular complexity index is 1080. The van der Waals surface area contributed by atoms with Crippen molar-refractivity contribution in [2.45, 2.75) is 47.7 Å². The van der Waals surface area contributed by atoms with Crippen LogP contribution in [0.5, 0.6) is 5.75 Å². The maximum atomic E-state index is 10.5. The van der Waals surface area contributed by atoms with Gasteiger partial charge in [-0.1, -0.05) is 0 Å². The van der Waals surface area contributed by atoms with E-state index in [2.05, 4.69) is 12.1 Å². The molecule has 4 unspecified atom stereocenters. The first-order valence-corrected chi connectivity index (χ1v) is 13.8. The average Bonchev–Trinajstić information content (AvgIpc) is 3.33. The monoisotopic (exact) mass is 278 g/mol. The molecule has 1 spiro atoms. The van der Waals surface area contributed by atoms with E-state index < -0.39 is 6.51 Å². The van der Waals surface area contributed by atoms with Gasteiger partial charge in [0.15, 0.2) is 0 Å². The van der Waals surface area contributed by atoms with Crippen LogP contribution in [0.15, 0.2) is 24.3 Å². The van der Waals surface area contributed by atoms with Crippen LogP contribution >= 0.6 is 0 Å². The second-order valence-electron chi connectivity index (χ2n) is 11.2. The van der Waals surface area contributed by atoms with Crippen LogP contribution in [0.3, 0.4) is 0 Å². The molecule has 1 nitrogen and oxygen atoms in total. The van der Waals surface area contributed by atoms with Gasteiger partial charge in [0, 0.05) is 0 Å². The Hall–Kier alpha value is -0.461. The predicted octanol–water partition coefficient (Wildman–Crippen LogP) is 4.19. The number of benzene rings is 1. The van der Waals surface area contributed by atoms with Gasteiger partial charge in [-0.05, 0) is 0 Å². The zero-order chi connectivity index (χ0) is 11.0. The second kappa shape index (κ2) is 0.521. The van der Waals surface area contributed by atoms with Crippen LogP contribution < -0.4 is 0 Å². The number of hydrogen-bond donors (Lipinski definition) is 1. The molecule has 10 fully saturated rings. The molecule has 0 bridgehead atoms. The van der Waals surface area contributed by atoms with Gasteiger partial charge in [0.2, 0.25) is 0 Å². The molecule has 92 valence electrons. The molecule has 4 atom stereocenters. The van der Waals surface area contributed by atoms with Crippen molar-refractivity contribution in [2.24, 2.45) is 0 Å². The zero-order valence-electron chi connectivity index (χ0n) is 9.81. The first kappa shape index (κ1) is 6.33. The molecule has 2 heteroatoms. The van der Waals surface area contributed by atoms with E-state index in [4.69, 9.17) is 0 Å². The first-order valence-electron chi connectivity index (χ1n) is 7.56. The molecule has 0 amide bonds. The molecule has 10 saturated heterocycles. The molecular weight excluding hydrogens is 264 g/mol. The van der Waals surface area contributed by atoms with Gasteiger partial charge in [-0.3, -0.25) is 0 Å². The molecule has 10 heterocycles. The van der Waals surface area contributed by atoms with Crippen LogP contribution in [-0.2, 0) is 10.8 Å². The van der Waals surface area contributed by atoms with Crippen molar-refractivity contribution in [1.29, 1.82) is 0 Å². The first-order chi connectivity index (χ1) is 8.56. The number of hydrogen-bond acceptors (Lipinski definition) is 1. The number of phenolic OH excluding ortho intramolecular Hbond substituents is 1. The van der Waals surface area contributed by atoms with E-state index in [-0.39, 0.29) is 0 Å². The summed E-state index contributed by atoms with van der Waals surface area (Å²) >= 11 is 0. The summed E-state index contributed by atoms with van der Waals surface area (Å²) in [5.41, 5.74) is 1.48. The number of phenols is 1. The van der Waals surface area contributed by atoms with Crippen LogP contribution in [0.25, 0.3) is 0 Å². The third kappa shape index (κ3) is 0.0623.